The average molecular weight is 531 g/mol. The van der Waals surface area contributed by atoms with Crippen LogP contribution in [0.25, 0.3) is 55.0 Å². The summed E-state index contributed by atoms with van der Waals surface area (Å²) < 4.78 is 5.84. The van der Waals surface area contributed by atoms with E-state index in [1.807, 2.05) is 55.6 Å². The van der Waals surface area contributed by atoms with Gasteiger partial charge in [0, 0.05) is 45.9 Å². The van der Waals surface area contributed by atoms with Crippen LogP contribution in [0.5, 0.6) is 5.75 Å². The van der Waals surface area contributed by atoms with Gasteiger partial charge in [0.25, 0.3) is 0 Å². The largest absolute Gasteiger partial charge is 0.490 e. The number of para-hydroxylation sites is 1. The second-order valence-corrected chi connectivity index (χ2v) is 9.54. The highest BCUT2D eigenvalue weighted by atomic mass is 16.5. The van der Waals surface area contributed by atoms with Crippen LogP contribution in [0.1, 0.15) is 13.3 Å². The minimum absolute atomic E-state index is 0.184. The standard InChI is InChI=1S/C31H26N6O3/c1-2-22(36-31(38)39)17-40-23-10-21(13-33-15-23)29-12-24-25-11-18(7-8-28(25)35-16-26(24)30(32)37-29)20-9-19-5-3-4-6-27(19)34-14-20/h3-16,22,36H,2,17H2,1H3,(H2,32,37)(H,38,39)/t22-/m1/s1. The minimum Gasteiger partial charge on any atom is -0.490 e. The molecule has 0 bridgehead atoms. The first-order chi connectivity index (χ1) is 19.5. The van der Waals surface area contributed by atoms with E-state index in [2.05, 4.69) is 43.5 Å². The summed E-state index contributed by atoms with van der Waals surface area (Å²) >= 11 is 0. The van der Waals surface area contributed by atoms with E-state index in [0.29, 0.717) is 23.7 Å². The maximum absolute atomic E-state index is 11.0. The van der Waals surface area contributed by atoms with Gasteiger partial charge in [-0.1, -0.05) is 31.2 Å². The molecule has 198 valence electrons. The number of nitrogens with one attached hydrogen (secondary N) is 1. The number of rotatable bonds is 7. The van der Waals surface area contributed by atoms with Gasteiger partial charge in [-0.2, -0.15) is 0 Å². The SMILES string of the molecule is CC[C@H](COc1cncc(-c2cc3c(cnc4ccc(-c5cnc6ccccc6c5)cc43)c(N)n2)c1)NC(=O)O. The Morgan fingerprint density at radius 3 is 2.60 bits per heavy atom. The summed E-state index contributed by atoms with van der Waals surface area (Å²) in [4.78, 5) is 29.2. The zero-order chi connectivity index (χ0) is 27.6. The molecule has 1 atom stereocenters. The molecular formula is C31H26N6O3. The summed E-state index contributed by atoms with van der Waals surface area (Å²) in [7, 11) is 0. The number of ether oxygens (including phenoxy) is 1. The summed E-state index contributed by atoms with van der Waals surface area (Å²) in [6.45, 7) is 2.07. The number of fused-ring (bicyclic) bond motifs is 4. The lowest BCUT2D eigenvalue weighted by atomic mass is 9.99. The molecule has 1 amide bonds. The highest BCUT2D eigenvalue weighted by molar-refractivity contribution is 6.10. The number of anilines is 1. The molecule has 0 unspecified atom stereocenters. The third-order valence-electron chi connectivity index (χ3n) is 6.91. The predicted molar refractivity (Wildman–Crippen MR) is 156 cm³/mol. The molecule has 0 aliphatic heterocycles. The fourth-order valence-electron chi connectivity index (χ4n) is 4.76. The van der Waals surface area contributed by atoms with Crippen molar-refractivity contribution in [2.24, 2.45) is 0 Å². The zero-order valence-electron chi connectivity index (χ0n) is 21.7. The predicted octanol–water partition coefficient (Wildman–Crippen LogP) is 6.07. The fraction of sp³-hybridized carbons (Fsp3) is 0.129. The Morgan fingerprint density at radius 1 is 0.900 bits per heavy atom. The quantitative estimate of drug-likeness (QED) is 0.212. The highest BCUT2D eigenvalue weighted by Crippen LogP contribution is 2.34. The van der Waals surface area contributed by atoms with Crippen LogP contribution >= 0.6 is 0 Å². The van der Waals surface area contributed by atoms with Gasteiger partial charge in [-0.3, -0.25) is 15.0 Å². The van der Waals surface area contributed by atoms with Crippen LogP contribution in [0.2, 0.25) is 0 Å². The van der Waals surface area contributed by atoms with E-state index in [9.17, 15) is 4.79 Å². The van der Waals surface area contributed by atoms with Gasteiger partial charge in [0.2, 0.25) is 0 Å². The zero-order valence-corrected chi connectivity index (χ0v) is 21.7. The number of aromatic nitrogens is 4. The number of nitrogen functional groups attached to an aromatic ring is 1. The Kier molecular flexibility index (Phi) is 6.53. The molecule has 6 aromatic rings. The molecule has 4 aromatic heterocycles. The number of amides is 1. The second-order valence-electron chi connectivity index (χ2n) is 9.54. The van der Waals surface area contributed by atoms with E-state index in [4.69, 9.17) is 15.6 Å². The van der Waals surface area contributed by atoms with Crippen molar-refractivity contribution < 1.29 is 14.6 Å². The smallest absolute Gasteiger partial charge is 0.404 e. The van der Waals surface area contributed by atoms with E-state index in [0.717, 1.165) is 49.3 Å². The van der Waals surface area contributed by atoms with Gasteiger partial charge < -0.3 is 20.9 Å². The molecule has 0 aliphatic rings. The number of nitrogens with zero attached hydrogens (tertiary/aromatic N) is 4. The van der Waals surface area contributed by atoms with Gasteiger partial charge >= 0.3 is 6.09 Å². The number of hydrogen-bond donors (Lipinski definition) is 3. The van der Waals surface area contributed by atoms with Crippen LogP contribution in [0.4, 0.5) is 10.6 Å². The van der Waals surface area contributed by atoms with Gasteiger partial charge in [0.05, 0.1) is 29.0 Å². The Labute approximate surface area is 229 Å². The van der Waals surface area contributed by atoms with Crippen molar-refractivity contribution in [1.82, 2.24) is 25.3 Å². The van der Waals surface area contributed by atoms with Gasteiger partial charge in [0.15, 0.2) is 0 Å². The molecule has 9 nitrogen and oxygen atoms in total. The van der Waals surface area contributed by atoms with E-state index in [1.54, 1.807) is 18.6 Å². The van der Waals surface area contributed by atoms with E-state index in [1.165, 1.54) is 0 Å². The maximum atomic E-state index is 11.0. The Bertz CT molecular complexity index is 1890. The van der Waals surface area contributed by atoms with Gasteiger partial charge in [0.1, 0.15) is 18.2 Å². The van der Waals surface area contributed by atoms with Crippen LogP contribution in [0, 0.1) is 0 Å². The molecule has 0 saturated carbocycles. The molecular weight excluding hydrogens is 504 g/mol. The van der Waals surface area contributed by atoms with Crippen molar-refractivity contribution in [3.8, 4) is 28.1 Å². The number of pyridine rings is 4. The van der Waals surface area contributed by atoms with Crippen LogP contribution in [-0.2, 0) is 0 Å². The summed E-state index contributed by atoms with van der Waals surface area (Å²) in [6.07, 6.45) is 6.43. The maximum Gasteiger partial charge on any atom is 0.404 e. The first-order valence-electron chi connectivity index (χ1n) is 12.9. The first kappa shape index (κ1) is 25.0. The van der Waals surface area contributed by atoms with Crippen LogP contribution < -0.4 is 15.8 Å². The van der Waals surface area contributed by atoms with Crippen molar-refractivity contribution in [1.29, 1.82) is 0 Å². The molecule has 2 aromatic carbocycles. The van der Waals surface area contributed by atoms with E-state index < -0.39 is 6.09 Å². The summed E-state index contributed by atoms with van der Waals surface area (Å²) in [5.74, 6) is 0.872. The molecule has 4 N–H and O–H groups in total. The molecule has 0 radical (unpaired) electrons. The Morgan fingerprint density at radius 2 is 1.75 bits per heavy atom. The van der Waals surface area contributed by atoms with E-state index in [-0.39, 0.29) is 12.6 Å². The number of carbonyl (C=O) groups is 1. The van der Waals surface area contributed by atoms with Gasteiger partial charge in [-0.25, -0.2) is 9.78 Å². The second kappa shape index (κ2) is 10.5. The molecule has 0 spiro atoms. The Hall–Kier alpha value is -5.31. The fourth-order valence-corrected chi connectivity index (χ4v) is 4.76. The highest BCUT2D eigenvalue weighted by Gasteiger charge is 2.14. The average Bonchev–Trinajstić information content (AvgIpc) is 2.98. The van der Waals surface area contributed by atoms with Crippen molar-refractivity contribution in [3.05, 3.63) is 85.5 Å². The lowest BCUT2D eigenvalue weighted by Gasteiger charge is -2.16. The third kappa shape index (κ3) is 4.92. The monoisotopic (exact) mass is 530 g/mol. The van der Waals surface area contributed by atoms with Crippen molar-refractivity contribution >= 4 is 44.5 Å². The lowest BCUT2D eigenvalue weighted by Crippen LogP contribution is -2.37. The summed E-state index contributed by atoms with van der Waals surface area (Å²) in [6, 6.07) is 19.8. The van der Waals surface area contributed by atoms with Crippen molar-refractivity contribution in [2.75, 3.05) is 12.3 Å². The van der Waals surface area contributed by atoms with Crippen LogP contribution in [0.15, 0.2) is 85.5 Å². The summed E-state index contributed by atoms with van der Waals surface area (Å²) in [5.41, 5.74) is 11.6. The minimum atomic E-state index is -1.08. The van der Waals surface area contributed by atoms with Crippen molar-refractivity contribution in [2.45, 2.75) is 19.4 Å². The number of nitrogens with two attached hydrogens (primary N) is 1. The normalized spacial score (nSPS) is 12.0. The third-order valence-corrected chi connectivity index (χ3v) is 6.91. The van der Waals surface area contributed by atoms with E-state index >= 15 is 0 Å². The molecule has 6 rings (SSSR count). The molecule has 0 fully saturated rings. The molecule has 9 heteroatoms. The molecule has 4 heterocycles. The molecule has 0 saturated heterocycles. The number of benzene rings is 2. The first-order valence-corrected chi connectivity index (χ1v) is 12.9. The topological polar surface area (TPSA) is 136 Å². The van der Waals surface area contributed by atoms with Crippen molar-refractivity contribution in [3.63, 3.8) is 0 Å². The van der Waals surface area contributed by atoms with Gasteiger partial charge in [-0.15, -0.1) is 0 Å². The van der Waals surface area contributed by atoms with Crippen LogP contribution in [-0.4, -0.2) is 43.8 Å². The Balaban J connectivity index is 1.39. The summed E-state index contributed by atoms with van der Waals surface area (Å²) in [5, 5.41) is 15.2. The lowest BCUT2D eigenvalue weighted by molar-refractivity contribution is 0.180. The van der Waals surface area contributed by atoms with Gasteiger partial charge in [-0.05, 0) is 53.8 Å². The van der Waals surface area contributed by atoms with Crippen LogP contribution in [0.3, 0.4) is 0 Å². The number of carboxylic acid groups (broad SMARTS) is 1. The molecule has 40 heavy (non-hydrogen) atoms. The number of hydrogen-bond acceptors (Lipinski definition) is 7. The molecule has 0 aliphatic carbocycles.